The summed E-state index contributed by atoms with van der Waals surface area (Å²) in [5.41, 5.74) is 7.31. The van der Waals surface area contributed by atoms with Gasteiger partial charge in [0.2, 0.25) is 0 Å². The van der Waals surface area contributed by atoms with Crippen molar-refractivity contribution in [1.29, 1.82) is 0 Å². The molecule has 16 heavy (non-hydrogen) atoms. The van der Waals surface area contributed by atoms with Gasteiger partial charge in [-0.15, -0.1) is 0 Å². The first-order chi connectivity index (χ1) is 7.66. The Morgan fingerprint density at radius 3 is 2.56 bits per heavy atom. The Balaban J connectivity index is 2.30. The molecule has 1 aromatic heterocycles. The first-order valence-corrected chi connectivity index (χ1v) is 5.46. The van der Waals surface area contributed by atoms with Gasteiger partial charge in [-0.05, 0) is 40.5 Å². The predicted octanol–water partition coefficient (Wildman–Crippen LogP) is 2.92. The Kier molecular flexibility index (Phi) is 3.05. The number of aromatic nitrogens is 2. The van der Waals surface area contributed by atoms with E-state index in [1.165, 1.54) is 0 Å². The highest BCUT2D eigenvalue weighted by atomic mass is 79.9. The molecule has 0 unspecified atom stereocenters. The summed E-state index contributed by atoms with van der Waals surface area (Å²) >= 11 is 3.36. The molecule has 0 radical (unpaired) electrons. The number of halogens is 1. The van der Waals surface area contributed by atoms with Gasteiger partial charge < -0.3 is 10.5 Å². The highest BCUT2D eigenvalue weighted by Gasteiger charge is 2.07. The minimum absolute atomic E-state index is 0.282. The van der Waals surface area contributed by atoms with Crippen LogP contribution in [0.1, 0.15) is 5.56 Å². The molecule has 0 amide bonds. The Hall–Kier alpha value is -1.62. The molecule has 0 bridgehead atoms. The van der Waals surface area contributed by atoms with E-state index in [1.54, 1.807) is 18.5 Å². The van der Waals surface area contributed by atoms with E-state index in [0.717, 1.165) is 10.0 Å². The number of nitrogens with two attached hydrogens (primary N) is 1. The molecule has 1 heterocycles. The molecular formula is C11H10BrN3O. The van der Waals surface area contributed by atoms with E-state index in [0.29, 0.717) is 11.4 Å². The van der Waals surface area contributed by atoms with Gasteiger partial charge in [0.15, 0.2) is 5.75 Å². The molecule has 2 N–H and O–H groups in total. The lowest BCUT2D eigenvalue weighted by molar-refractivity contribution is 0.441. The molecule has 2 rings (SSSR count). The normalized spacial score (nSPS) is 10.1. The summed E-state index contributed by atoms with van der Waals surface area (Å²) in [4.78, 5) is 8.09. The third kappa shape index (κ3) is 2.30. The molecule has 2 aromatic rings. The second kappa shape index (κ2) is 4.49. The van der Waals surface area contributed by atoms with Crippen molar-refractivity contribution in [2.45, 2.75) is 6.92 Å². The summed E-state index contributed by atoms with van der Waals surface area (Å²) in [5.74, 6) is 0.534. The lowest BCUT2D eigenvalue weighted by atomic mass is 10.3. The maximum atomic E-state index is 5.79. The van der Waals surface area contributed by atoms with Gasteiger partial charge in [0.25, 0.3) is 0 Å². The Morgan fingerprint density at radius 2 is 1.94 bits per heavy atom. The summed E-state index contributed by atoms with van der Waals surface area (Å²) in [7, 11) is 0. The van der Waals surface area contributed by atoms with E-state index < -0.39 is 0 Å². The van der Waals surface area contributed by atoms with Gasteiger partial charge in [-0.25, -0.2) is 9.97 Å². The molecule has 0 saturated carbocycles. The summed E-state index contributed by atoms with van der Waals surface area (Å²) in [5, 5.41) is 0. The number of nitrogen functional groups attached to an aromatic ring is 1. The molecule has 0 saturated heterocycles. The first kappa shape index (κ1) is 10.9. The molecule has 0 aliphatic carbocycles. The number of anilines is 1. The van der Waals surface area contributed by atoms with Crippen LogP contribution in [0.5, 0.6) is 11.8 Å². The van der Waals surface area contributed by atoms with Gasteiger partial charge in [-0.1, -0.05) is 6.07 Å². The molecular weight excluding hydrogens is 270 g/mol. The van der Waals surface area contributed by atoms with E-state index in [-0.39, 0.29) is 6.01 Å². The standard InChI is InChI=1S/C11H10BrN3O/c1-7-5-14-11(15-6-7)16-10-8(12)3-2-4-9(10)13/h2-6H,13H2,1H3. The van der Waals surface area contributed by atoms with Crippen molar-refractivity contribution in [2.75, 3.05) is 5.73 Å². The molecule has 0 spiro atoms. The Morgan fingerprint density at radius 1 is 1.25 bits per heavy atom. The van der Waals surface area contributed by atoms with E-state index in [1.807, 2.05) is 19.1 Å². The number of hydrogen-bond acceptors (Lipinski definition) is 4. The van der Waals surface area contributed by atoms with Crippen molar-refractivity contribution in [2.24, 2.45) is 0 Å². The van der Waals surface area contributed by atoms with E-state index in [2.05, 4.69) is 25.9 Å². The van der Waals surface area contributed by atoms with Crippen LogP contribution in [0.15, 0.2) is 35.1 Å². The van der Waals surface area contributed by atoms with Crippen LogP contribution in [0.25, 0.3) is 0 Å². The van der Waals surface area contributed by atoms with Gasteiger partial charge in [0.1, 0.15) is 0 Å². The number of para-hydroxylation sites is 1. The van der Waals surface area contributed by atoms with Gasteiger partial charge >= 0.3 is 6.01 Å². The lowest BCUT2D eigenvalue weighted by Crippen LogP contribution is -1.96. The van der Waals surface area contributed by atoms with Crippen LogP contribution in [0, 0.1) is 6.92 Å². The maximum Gasteiger partial charge on any atom is 0.321 e. The summed E-state index contributed by atoms with van der Waals surface area (Å²) < 4.78 is 6.28. The molecule has 0 aliphatic heterocycles. The van der Waals surface area contributed by atoms with Crippen molar-refractivity contribution < 1.29 is 4.74 Å². The SMILES string of the molecule is Cc1cnc(Oc2c(N)cccc2Br)nc1. The smallest absolute Gasteiger partial charge is 0.321 e. The van der Waals surface area contributed by atoms with Crippen LogP contribution in [-0.2, 0) is 0 Å². The number of rotatable bonds is 2. The summed E-state index contributed by atoms with van der Waals surface area (Å²) in [6.45, 7) is 1.91. The second-order valence-electron chi connectivity index (χ2n) is 3.30. The largest absolute Gasteiger partial charge is 0.421 e. The van der Waals surface area contributed by atoms with Gasteiger partial charge in [0, 0.05) is 12.4 Å². The fourth-order valence-electron chi connectivity index (χ4n) is 1.16. The number of nitrogens with zero attached hydrogens (tertiary/aromatic N) is 2. The third-order valence-electron chi connectivity index (χ3n) is 1.95. The minimum Gasteiger partial charge on any atom is -0.421 e. The first-order valence-electron chi connectivity index (χ1n) is 4.67. The van der Waals surface area contributed by atoms with E-state index >= 15 is 0 Å². The van der Waals surface area contributed by atoms with Crippen molar-refractivity contribution >= 4 is 21.6 Å². The Labute approximate surface area is 102 Å². The zero-order valence-electron chi connectivity index (χ0n) is 8.64. The summed E-state index contributed by atoms with van der Waals surface area (Å²) in [6.07, 6.45) is 3.38. The zero-order valence-corrected chi connectivity index (χ0v) is 10.2. The van der Waals surface area contributed by atoms with Crippen molar-refractivity contribution in [1.82, 2.24) is 9.97 Å². The quantitative estimate of drug-likeness (QED) is 0.859. The van der Waals surface area contributed by atoms with Crippen LogP contribution < -0.4 is 10.5 Å². The molecule has 0 aliphatic rings. The highest BCUT2D eigenvalue weighted by Crippen LogP contribution is 2.33. The molecule has 4 nitrogen and oxygen atoms in total. The number of benzene rings is 1. The van der Waals surface area contributed by atoms with Crippen molar-refractivity contribution in [3.8, 4) is 11.8 Å². The molecule has 0 atom stereocenters. The average molecular weight is 280 g/mol. The topological polar surface area (TPSA) is 61.0 Å². The molecule has 5 heteroatoms. The van der Waals surface area contributed by atoms with Gasteiger partial charge in [0.05, 0.1) is 10.2 Å². The highest BCUT2D eigenvalue weighted by molar-refractivity contribution is 9.10. The van der Waals surface area contributed by atoms with Crippen LogP contribution >= 0.6 is 15.9 Å². The Bertz CT molecular complexity index is 479. The number of aryl methyl sites for hydroxylation is 1. The molecule has 1 aromatic carbocycles. The molecule has 0 fully saturated rings. The number of ether oxygens (including phenoxy) is 1. The lowest BCUT2D eigenvalue weighted by Gasteiger charge is -2.08. The minimum atomic E-state index is 0.282. The zero-order chi connectivity index (χ0) is 11.5. The molecule has 82 valence electrons. The van der Waals surface area contributed by atoms with Gasteiger partial charge in [-0.2, -0.15) is 0 Å². The van der Waals surface area contributed by atoms with Crippen LogP contribution in [0.4, 0.5) is 5.69 Å². The fraction of sp³-hybridized carbons (Fsp3) is 0.0909. The summed E-state index contributed by atoms with van der Waals surface area (Å²) in [6, 6.07) is 5.72. The monoisotopic (exact) mass is 279 g/mol. The third-order valence-corrected chi connectivity index (χ3v) is 2.57. The van der Waals surface area contributed by atoms with Crippen LogP contribution in [-0.4, -0.2) is 9.97 Å². The second-order valence-corrected chi connectivity index (χ2v) is 4.16. The van der Waals surface area contributed by atoms with Crippen LogP contribution in [0.2, 0.25) is 0 Å². The average Bonchev–Trinajstić information content (AvgIpc) is 2.26. The number of hydrogen-bond donors (Lipinski definition) is 1. The van der Waals surface area contributed by atoms with Crippen molar-refractivity contribution in [3.05, 3.63) is 40.6 Å². The maximum absolute atomic E-state index is 5.79. The predicted molar refractivity (Wildman–Crippen MR) is 65.4 cm³/mol. The fourth-order valence-corrected chi connectivity index (χ4v) is 1.62. The van der Waals surface area contributed by atoms with E-state index in [4.69, 9.17) is 10.5 Å². The van der Waals surface area contributed by atoms with Crippen LogP contribution in [0.3, 0.4) is 0 Å². The van der Waals surface area contributed by atoms with Gasteiger partial charge in [-0.3, -0.25) is 0 Å². The van der Waals surface area contributed by atoms with Crippen molar-refractivity contribution in [3.63, 3.8) is 0 Å². The van der Waals surface area contributed by atoms with E-state index in [9.17, 15) is 0 Å².